The molecule has 18 heavy (non-hydrogen) atoms. The fourth-order valence-electron chi connectivity index (χ4n) is 2.02. The van der Waals surface area contributed by atoms with Gasteiger partial charge in [-0.3, -0.25) is 0 Å². The molecule has 0 amide bonds. The lowest BCUT2D eigenvalue weighted by atomic mass is 10.1. The highest BCUT2D eigenvalue weighted by Crippen LogP contribution is 2.31. The minimum atomic E-state index is 0.188. The van der Waals surface area contributed by atoms with Crippen molar-refractivity contribution >= 4 is 0 Å². The first-order valence-corrected chi connectivity index (χ1v) is 7.06. The van der Waals surface area contributed by atoms with E-state index < -0.39 is 0 Å². The van der Waals surface area contributed by atoms with Crippen LogP contribution in [0, 0.1) is 12.8 Å². The van der Waals surface area contributed by atoms with Crippen LogP contribution in [0.5, 0.6) is 0 Å². The summed E-state index contributed by atoms with van der Waals surface area (Å²) in [5, 5.41) is 3.48. The van der Waals surface area contributed by atoms with Crippen LogP contribution in [-0.2, 0) is 4.74 Å². The van der Waals surface area contributed by atoms with E-state index in [0.717, 1.165) is 19.1 Å². The topological polar surface area (TPSA) is 21.3 Å². The Bertz CT molecular complexity index is 365. The highest BCUT2D eigenvalue weighted by atomic mass is 16.5. The molecular formula is C16H25NO. The van der Waals surface area contributed by atoms with Gasteiger partial charge in [0.1, 0.15) is 0 Å². The zero-order valence-electron chi connectivity index (χ0n) is 11.8. The van der Waals surface area contributed by atoms with Crippen LogP contribution in [0.25, 0.3) is 0 Å². The summed E-state index contributed by atoms with van der Waals surface area (Å²) in [6, 6.07) is 9.17. The van der Waals surface area contributed by atoms with Crippen molar-refractivity contribution in [1.29, 1.82) is 0 Å². The highest BCUT2D eigenvalue weighted by Gasteiger charge is 2.23. The summed E-state index contributed by atoms with van der Waals surface area (Å²) < 4.78 is 6.10. The summed E-state index contributed by atoms with van der Waals surface area (Å²) in [6.45, 7) is 8.30. The molecule has 0 bridgehead atoms. The summed E-state index contributed by atoms with van der Waals surface area (Å²) in [5.41, 5.74) is 2.60. The standard InChI is InChI=1S/C16H25NO/c1-12(2)17-10-16(18-11-14-7-8-14)15-6-4-5-13(3)9-15/h4-6,9,12,14,16-17H,7-8,10-11H2,1-3H3. The summed E-state index contributed by atoms with van der Waals surface area (Å²) in [4.78, 5) is 0. The zero-order valence-corrected chi connectivity index (χ0v) is 11.8. The number of hydrogen-bond acceptors (Lipinski definition) is 2. The second kappa shape index (κ2) is 6.35. The predicted molar refractivity (Wildman–Crippen MR) is 75.7 cm³/mol. The van der Waals surface area contributed by atoms with Crippen LogP contribution >= 0.6 is 0 Å². The average Bonchev–Trinajstić information content (AvgIpc) is 3.12. The first-order valence-electron chi connectivity index (χ1n) is 7.06. The molecular weight excluding hydrogens is 222 g/mol. The van der Waals surface area contributed by atoms with E-state index >= 15 is 0 Å². The molecule has 1 N–H and O–H groups in total. The molecule has 2 rings (SSSR count). The zero-order chi connectivity index (χ0) is 13.0. The van der Waals surface area contributed by atoms with E-state index in [1.54, 1.807) is 0 Å². The minimum absolute atomic E-state index is 0.188. The van der Waals surface area contributed by atoms with Gasteiger partial charge in [-0.1, -0.05) is 43.7 Å². The van der Waals surface area contributed by atoms with Gasteiger partial charge in [0, 0.05) is 12.6 Å². The van der Waals surface area contributed by atoms with Crippen LogP contribution in [0.1, 0.15) is 43.9 Å². The molecule has 0 aliphatic heterocycles. The van der Waals surface area contributed by atoms with E-state index in [1.165, 1.54) is 24.0 Å². The van der Waals surface area contributed by atoms with Crippen LogP contribution in [-0.4, -0.2) is 19.2 Å². The SMILES string of the molecule is Cc1cccc(C(CNC(C)C)OCC2CC2)c1. The Balaban J connectivity index is 1.96. The van der Waals surface area contributed by atoms with Gasteiger partial charge in [-0.05, 0) is 31.2 Å². The molecule has 1 aromatic carbocycles. The first kappa shape index (κ1) is 13.6. The van der Waals surface area contributed by atoms with Crippen LogP contribution in [0.4, 0.5) is 0 Å². The van der Waals surface area contributed by atoms with Gasteiger partial charge in [0.2, 0.25) is 0 Å². The predicted octanol–water partition coefficient (Wildman–Crippen LogP) is 3.46. The number of ether oxygens (including phenoxy) is 1. The molecule has 1 aromatic rings. The van der Waals surface area contributed by atoms with Crippen LogP contribution < -0.4 is 5.32 Å². The molecule has 0 saturated heterocycles. The summed E-state index contributed by atoms with van der Waals surface area (Å²) in [5.74, 6) is 0.816. The van der Waals surface area contributed by atoms with Gasteiger partial charge in [-0.15, -0.1) is 0 Å². The van der Waals surface area contributed by atoms with Crippen LogP contribution in [0.3, 0.4) is 0 Å². The number of benzene rings is 1. The Kier molecular flexibility index (Phi) is 4.79. The molecule has 0 heterocycles. The van der Waals surface area contributed by atoms with Crippen LogP contribution in [0.15, 0.2) is 24.3 Å². The summed E-state index contributed by atoms with van der Waals surface area (Å²) >= 11 is 0. The first-order chi connectivity index (χ1) is 8.65. The molecule has 2 nitrogen and oxygen atoms in total. The largest absolute Gasteiger partial charge is 0.372 e. The van der Waals surface area contributed by atoms with Gasteiger partial charge in [0.05, 0.1) is 12.7 Å². The van der Waals surface area contributed by atoms with Crippen molar-refractivity contribution in [3.05, 3.63) is 35.4 Å². The molecule has 1 atom stereocenters. The molecule has 100 valence electrons. The second-order valence-corrected chi connectivity index (χ2v) is 5.74. The van der Waals surface area contributed by atoms with E-state index in [-0.39, 0.29) is 6.10 Å². The molecule has 1 unspecified atom stereocenters. The molecule has 1 aliphatic rings. The van der Waals surface area contributed by atoms with Crippen molar-refractivity contribution < 1.29 is 4.74 Å². The normalized spacial score (nSPS) is 17.1. The lowest BCUT2D eigenvalue weighted by molar-refractivity contribution is 0.0440. The third-order valence-electron chi connectivity index (χ3n) is 3.36. The third-order valence-corrected chi connectivity index (χ3v) is 3.36. The average molecular weight is 247 g/mol. The van der Waals surface area contributed by atoms with Crippen molar-refractivity contribution in [2.24, 2.45) is 5.92 Å². The number of rotatable bonds is 7. The van der Waals surface area contributed by atoms with Gasteiger partial charge < -0.3 is 10.1 Å². The smallest absolute Gasteiger partial charge is 0.0949 e. The molecule has 0 spiro atoms. The fourth-order valence-corrected chi connectivity index (χ4v) is 2.02. The second-order valence-electron chi connectivity index (χ2n) is 5.74. The van der Waals surface area contributed by atoms with Crippen molar-refractivity contribution in [2.75, 3.05) is 13.2 Å². The van der Waals surface area contributed by atoms with Gasteiger partial charge in [-0.2, -0.15) is 0 Å². The lowest BCUT2D eigenvalue weighted by Crippen LogP contribution is -2.29. The van der Waals surface area contributed by atoms with Gasteiger partial charge in [0.15, 0.2) is 0 Å². The maximum Gasteiger partial charge on any atom is 0.0949 e. The molecule has 2 heteroatoms. The quantitative estimate of drug-likeness (QED) is 0.796. The third kappa shape index (κ3) is 4.43. The lowest BCUT2D eigenvalue weighted by Gasteiger charge is -2.21. The van der Waals surface area contributed by atoms with Crippen molar-refractivity contribution in [3.63, 3.8) is 0 Å². The Morgan fingerprint density at radius 2 is 2.11 bits per heavy atom. The maximum atomic E-state index is 6.10. The Labute approximate surface area is 111 Å². The Morgan fingerprint density at radius 3 is 2.72 bits per heavy atom. The van der Waals surface area contributed by atoms with Crippen molar-refractivity contribution in [2.45, 2.75) is 45.8 Å². The van der Waals surface area contributed by atoms with Gasteiger partial charge in [0.25, 0.3) is 0 Å². The molecule has 0 radical (unpaired) electrons. The van der Waals surface area contributed by atoms with Crippen molar-refractivity contribution in [1.82, 2.24) is 5.32 Å². The number of nitrogens with one attached hydrogen (secondary N) is 1. The van der Waals surface area contributed by atoms with E-state index in [9.17, 15) is 0 Å². The van der Waals surface area contributed by atoms with E-state index in [1.807, 2.05) is 0 Å². The summed E-state index contributed by atoms with van der Waals surface area (Å²) in [6.07, 6.45) is 2.88. The Morgan fingerprint density at radius 1 is 1.33 bits per heavy atom. The van der Waals surface area contributed by atoms with Crippen LogP contribution in [0.2, 0.25) is 0 Å². The monoisotopic (exact) mass is 247 g/mol. The Hall–Kier alpha value is -0.860. The summed E-state index contributed by atoms with van der Waals surface area (Å²) in [7, 11) is 0. The van der Waals surface area contributed by atoms with Gasteiger partial charge >= 0.3 is 0 Å². The van der Waals surface area contributed by atoms with E-state index in [2.05, 4.69) is 50.4 Å². The maximum absolute atomic E-state index is 6.10. The van der Waals surface area contributed by atoms with Gasteiger partial charge in [-0.25, -0.2) is 0 Å². The molecule has 1 saturated carbocycles. The van der Waals surface area contributed by atoms with Crippen molar-refractivity contribution in [3.8, 4) is 0 Å². The number of aryl methyl sites for hydroxylation is 1. The minimum Gasteiger partial charge on any atom is -0.372 e. The molecule has 1 fully saturated rings. The van der Waals surface area contributed by atoms with E-state index in [0.29, 0.717) is 6.04 Å². The highest BCUT2D eigenvalue weighted by molar-refractivity contribution is 5.24. The molecule has 0 aromatic heterocycles. The number of hydrogen-bond donors (Lipinski definition) is 1. The fraction of sp³-hybridized carbons (Fsp3) is 0.625. The van der Waals surface area contributed by atoms with E-state index in [4.69, 9.17) is 4.74 Å². The molecule has 1 aliphatic carbocycles.